The molecule has 2 aromatic rings. The van der Waals surface area contributed by atoms with Gasteiger partial charge in [0.2, 0.25) is 0 Å². The van der Waals surface area contributed by atoms with Gasteiger partial charge in [0.1, 0.15) is 5.75 Å². The molecule has 0 heterocycles. The van der Waals surface area contributed by atoms with Crippen LogP contribution in [0.2, 0.25) is 0 Å². The predicted octanol–water partition coefficient (Wildman–Crippen LogP) is 5.49. The fourth-order valence-electron chi connectivity index (χ4n) is 2.42. The van der Waals surface area contributed by atoms with Crippen LogP contribution in [0.3, 0.4) is 0 Å². The van der Waals surface area contributed by atoms with Crippen LogP contribution in [0.15, 0.2) is 48.5 Å². The minimum Gasteiger partial charge on any atom is -0.493 e. The molecule has 0 aromatic heterocycles. The van der Waals surface area contributed by atoms with E-state index in [0.717, 1.165) is 17.9 Å². The average Bonchev–Trinajstić information content (AvgIpc) is 2.60. The highest BCUT2D eigenvalue weighted by Gasteiger charge is 2.12. The maximum Gasteiger partial charge on any atom is 0.255 e. The normalized spacial score (nSPS) is 12.0. The van der Waals surface area contributed by atoms with Gasteiger partial charge in [-0.3, -0.25) is 4.79 Å². The lowest BCUT2D eigenvalue weighted by Crippen LogP contribution is -2.14. The molecule has 0 unspecified atom stereocenters. The number of hydrogen-bond donors (Lipinski definition) is 1. The van der Waals surface area contributed by atoms with Gasteiger partial charge in [-0.1, -0.05) is 45.9 Å². The lowest BCUT2D eigenvalue weighted by molar-refractivity contribution is 0.102. The van der Waals surface area contributed by atoms with E-state index >= 15 is 0 Å². The van der Waals surface area contributed by atoms with Crippen molar-refractivity contribution in [1.82, 2.24) is 0 Å². The van der Waals surface area contributed by atoms with E-state index in [2.05, 4.69) is 39.1 Å². The highest BCUT2D eigenvalue weighted by atomic mass is 16.5. The van der Waals surface area contributed by atoms with Crippen molar-refractivity contribution in [2.75, 3.05) is 11.9 Å². The third-order valence-corrected chi connectivity index (χ3v) is 4.05. The van der Waals surface area contributed by atoms with Crippen molar-refractivity contribution in [3.8, 4) is 5.75 Å². The Balaban J connectivity index is 2.08. The molecule has 1 N–H and O–H groups in total. The smallest absolute Gasteiger partial charge is 0.255 e. The standard InChI is InChI=1S/C21H27NO2/c1-5-16(4)19-8-6-7-9-20(19)22-21(23)17-10-12-18(13-11-17)24-14-15(2)3/h6-13,15-16H,5,14H2,1-4H3,(H,22,23)/t16-/m0/s1. The molecule has 24 heavy (non-hydrogen) atoms. The maximum atomic E-state index is 12.5. The third kappa shape index (κ3) is 4.85. The van der Waals surface area contributed by atoms with Gasteiger partial charge in [0.15, 0.2) is 0 Å². The van der Waals surface area contributed by atoms with Crippen molar-refractivity contribution in [2.45, 2.75) is 40.0 Å². The Labute approximate surface area is 145 Å². The molecule has 2 aromatic carbocycles. The summed E-state index contributed by atoms with van der Waals surface area (Å²) < 4.78 is 5.65. The summed E-state index contributed by atoms with van der Waals surface area (Å²) in [4.78, 5) is 12.5. The van der Waals surface area contributed by atoms with E-state index in [9.17, 15) is 4.79 Å². The minimum atomic E-state index is -0.0961. The zero-order valence-corrected chi connectivity index (χ0v) is 15.0. The van der Waals surface area contributed by atoms with E-state index in [0.29, 0.717) is 24.0 Å². The third-order valence-electron chi connectivity index (χ3n) is 4.05. The van der Waals surface area contributed by atoms with Crippen LogP contribution in [0, 0.1) is 5.92 Å². The molecule has 0 bridgehead atoms. The van der Waals surface area contributed by atoms with Gasteiger partial charge in [-0.25, -0.2) is 0 Å². The summed E-state index contributed by atoms with van der Waals surface area (Å²) in [5.74, 6) is 1.58. The molecule has 0 spiro atoms. The molecule has 0 fully saturated rings. The van der Waals surface area contributed by atoms with Gasteiger partial charge in [0.25, 0.3) is 5.91 Å². The number of para-hydroxylation sites is 1. The largest absolute Gasteiger partial charge is 0.493 e. The van der Waals surface area contributed by atoms with Crippen LogP contribution in [-0.2, 0) is 0 Å². The van der Waals surface area contributed by atoms with Gasteiger partial charge < -0.3 is 10.1 Å². The van der Waals surface area contributed by atoms with E-state index in [1.165, 1.54) is 5.56 Å². The number of carbonyl (C=O) groups is 1. The minimum absolute atomic E-state index is 0.0961. The molecule has 3 nitrogen and oxygen atoms in total. The summed E-state index contributed by atoms with van der Waals surface area (Å²) in [6.45, 7) is 9.21. The Morgan fingerprint density at radius 3 is 2.33 bits per heavy atom. The van der Waals surface area contributed by atoms with Crippen LogP contribution in [0.25, 0.3) is 0 Å². The zero-order chi connectivity index (χ0) is 17.5. The van der Waals surface area contributed by atoms with Crippen LogP contribution in [0.4, 0.5) is 5.69 Å². The van der Waals surface area contributed by atoms with Gasteiger partial charge in [0.05, 0.1) is 6.61 Å². The Kier molecular flexibility index (Phi) is 6.42. The number of rotatable bonds is 7. The van der Waals surface area contributed by atoms with Crippen molar-refractivity contribution in [3.05, 3.63) is 59.7 Å². The lowest BCUT2D eigenvalue weighted by Gasteiger charge is -2.15. The summed E-state index contributed by atoms with van der Waals surface area (Å²) in [5, 5.41) is 3.03. The van der Waals surface area contributed by atoms with Gasteiger partial charge in [-0.15, -0.1) is 0 Å². The molecule has 128 valence electrons. The summed E-state index contributed by atoms with van der Waals surface area (Å²) in [7, 11) is 0. The van der Waals surface area contributed by atoms with E-state index in [1.807, 2.05) is 30.3 Å². The molecule has 1 amide bonds. The molecular formula is C21H27NO2. The molecule has 0 aliphatic carbocycles. The summed E-state index contributed by atoms with van der Waals surface area (Å²) in [6.07, 6.45) is 1.04. The van der Waals surface area contributed by atoms with E-state index < -0.39 is 0 Å². The fourth-order valence-corrected chi connectivity index (χ4v) is 2.42. The number of anilines is 1. The first-order valence-electron chi connectivity index (χ1n) is 8.64. The van der Waals surface area contributed by atoms with Gasteiger partial charge >= 0.3 is 0 Å². The highest BCUT2D eigenvalue weighted by Crippen LogP contribution is 2.27. The first kappa shape index (κ1) is 18.1. The van der Waals surface area contributed by atoms with Crippen LogP contribution in [-0.4, -0.2) is 12.5 Å². The second-order valence-electron chi connectivity index (χ2n) is 6.58. The van der Waals surface area contributed by atoms with E-state index in [1.54, 1.807) is 12.1 Å². The number of benzene rings is 2. The molecule has 3 heteroatoms. The van der Waals surface area contributed by atoms with Gasteiger partial charge in [0, 0.05) is 11.3 Å². The second kappa shape index (κ2) is 8.53. The first-order valence-corrected chi connectivity index (χ1v) is 8.64. The number of hydrogen-bond acceptors (Lipinski definition) is 2. The fraction of sp³-hybridized carbons (Fsp3) is 0.381. The van der Waals surface area contributed by atoms with Crippen molar-refractivity contribution in [1.29, 1.82) is 0 Å². The van der Waals surface area contributed by atoms with Crippen molar-refractivity contribution < 1.29 is 9.53 Å². The van der Waals surface area contributed by atoms with Gasteiger partial charge in [-0.2, -0.15) is 0 Å². The molecular weight excluding hydrogens is 298 g/mol. The Morgan fingerprint density at radius 1 is 1.04 bits per heavy atom. The summed E-state index contributed by atoms with van der Waals surface area (Å²) in [5.41, 5.74) is 2.69. The van der Waals surface area contributed by atoms with E-state index in [-0.39, 0.29) is 5.91 Å². The number of amides is 1. The van der Waals surface area contributed by atoms with Gasteiger partial charge in [-0.05, 0) is 54.2 Å². The maximum absolute atomic E-state index is 12.5. The number of ether oxygens (including phenoxy) is 1. The molecule has 0 saturated heterocycles. The number of carbonyl (C=O) groups excluding carboxylic acids is 1. The topological polar surface area (TPSA) is 38.3 Å². The summed E-state index contributed by atoms with van der Waals surface area (Å²) >= 11 is 0. The summed E-state index contributed by atoms with van der Waals surface area (Å²) in [6, 6.07) is 15.3. The number of nitrogens with one attached hydrogen (secondary N) is 1. The zero-order valence-electron chi connectivity index (χ0n) is 15.0. The van der Waals surface area contributed by atoms with Crippen molar-refractivity contribution >= 4 is 11.6 Å². The first-order chi connectivity index (χ1) is 11.5. The molecule has 0 saturated carbocycles. The molecule has 1 atom stereocenters. The van der Waals surface area contributed by atoms with Crippen molar-refractivity contribution in [2.24, 2.45) is 5.92 Å². The second-order valence-corrected chi connectivity index (χ2v) is 6.58. The van der Waals surface area contributed by atoms with Crippen LogP contribution in [0.5, 0.6) is 5.75 Å². The van der Waals surface area contributed by atoms with Crippen LogP contribution in [0.1, 0.15) is 56.0 Å². The lowest BCUT2D eigenvalue weighted by atomic mass is 9.97. The monoisotopic (exact) mass is 325 g/mol. The van der Waals surface area contributed by atoms with Crippen LogP contribution >= 0.6 is 0 Å². The molecule has 0 aliphatic heterocycles. The predicted molar refractivity (Wildman–Crippen MR) is 99.9 cm³/mol. The SMILES string of the molecule is CC[C@H](C)c1ccccc1NC(=O)c1ccc(OCC(C)C)cc1. The Hall–Kier alpha value is -2.29. The highest BCUT2D eigenvalue weighted by molar-refractivity contribution is 6.04. The molecule has 0 aliphatic rings. The Bertz CT molecular complexity index is 662. The Morgan fingerprint density at radius 2 is 1.71 bits per heavy atom. The van der Waals surface area contributed by atoms with Crippen molar-refractivity contribution in [3.63, 3.8) is 0 Å². The molecule has 2 rings (SSSR count). The quantitative estimate of drug-likeness (QED) is 0.731. The van der Waals surface area contributed by atoms with Crippen LogP contribution < -0.4 is 10.1 Å². The molecule has 0 radical (unpaired) electrons. The average molecular weight is 325 g/mol. The van der Waals surface area contributed by atoms with E-state index in [4.69, 9.17) is 4.74 Å².